The molecule has 76 heavy (non-hydrogen) atoms. The average molecular weight is 1040 g/mol. The molecule has 0 bridgehead atoms. The molecule has 2 unspecified atom stereocenters. The second-order valence-corrected chi connectivity index (χ2v) is 20.5. The fraction of sp³-hybridized carbons (Fsp3) is 0.354. The van der Waals surface area contributed by atoms with Crippen molar-refractivity contribution in [1.82, 2.24) is 0 Å². The molecule has 2 aromatic carbocycles. The molecule has 0 fully saturated rings. The van der Waals surface area contributed by atoms with Gasteiger partial charge in [-0.25, -0.2) is 0 Å². The van der Waals surface area contributed by atoms with Gasteiger partial charge in [0.2, 0.25) is 0 Å². The highest BCUT2D eigenvalue weighted by Gasteiger charge is 2.41. The molecule has 0 aromatic heterocycles. The van der Waals surface area contributed by atoms with Gasteiger partial charge in [-0.15, -0.1) is 0 Å². The monoisotopic (exact) mass is 1030 g/mol. The summed E-state index contributed by atoms with van der Waals surface area (Å²) in [6.07, 6.45) is 30.4. The summed E-state index contributed by atoms with van der Waals surface area (Å²) >= 11 is 0. The number of hydrogen-bond acceptors (Lipinski definition) is 11. The van der Waals surface area contributed by atoms with E-state index in [1.165, 1.54) is 30.7 Å². The Morgan fingerprint density at radius 1 is 0.553 bits per heavy atom. The molecule has 4 rings (SSSR count). The minimum Gasteiger partial charge on any atom is -0.508 e. The van der Waals surface area contributed by atoms with E-state index < -0.39 is 35.5 Å². The maximum absolute atomic E-state index is 13.2. The maximum atomic E-state index is 13.2. The van der Waals surface area contributed by atoms with Gasteiger partial charge >= 0.3 is 17.9 Å². The van der Waals surface area contributed by atoms with Gasteiger partial charge in [0.15, 0.2) is 23.8 Å². The fourth-order valence-electron chi connectivity index (χ4n) is 8.28. The van der Waals surface area contributed by atoms with E-state index in [9.17, 15) is 39.0 Å². The summed E-state index contributed by atoms with van der Waals surface area (Å²) in [7, 11) is 0. The molecule has 0 heterocycles. The van der Waals surface area contributed by atoms with Gasteiger partial charge in [-0.1, -0.05) is 159 Å². The Balaban J connectivity index is 0.000000450. The number of carbonyl (C=O) groups is 6. The highest BCUT2D eigenvalue weighted by Crippen LogP contribution is 2.42. The smallest absolute Gasteiger partial charge is 0.311 e. The molecular weight excluding hydrogens is 957 g/mol. The summed E-state index contributed by atoms with van der Waals surface area (Å²) in [4.78, 5) is 74.0. The van der Waals surface area contributed by atoms with Crippen molar-refractivity contribution in [1.29, 1.82) is 0 Å². The second kappa shape index (κ2) is 30.0. The van der Waals surface area contributed by atoms with Gasteiger partial charge in [-0.2, -0.15) is 0 Å². The number of phenols is 2. The molecule has 0 spiro atoms. The number of phenolic OH excluding ortho intramolecular Hbond substituents is 2. The first kappa shape index (κ1) is 62.6. The third kappa shape index (κ3) is 21.3. The highest BCUT2D eigenvalue weighted by atomic mass is 16.6. The van der Waals surface area contributed by atoms with E-state index in [-0.39, 0.29) is 59.9 Å². The van der Waals surface area contributed by atoms with Gasteiger partial charge in [0, 0.05) is 25.3 Å². The summed E-state index contributed by atoms with van der Waals surface area (Å²) in [5.41, 5.74) is 8.19. The first-order chi connectivity index (χ1) is 35.7. The van der Waals surface area contributed by atoms with E-state index in [2.05, 4.69) is 0 Å². The molecule has 2 N–H and O–H groups in total. The normalized spacial score (nSPS) is 18.6. The van der Waals surface area contributed by atoms with Gasteiger partial charge in [-0.05, 0) is 131 Å². The van der Waals surface area contributed by atoms with Crippen LogP contribution < -0.4 is 4.74 Å². The number of benzene rings is 2. The Labute approximate surface area is 450 Å². The summed E-state index contributed by atoms with van der Waals surface area (Å²) in [6, 6.07) is 11.0. The molecule has 0 radical (unpaired) electrons. The molecule has 2 atom stereocenters. The van der Waals surface area contributed by atoms with E-state index >= 15 is 0 Å². The van der Waals surface area contributed by atoms with E-state index in [4.69, 9.17) is 14.2 Å². The molecule has 2 aliphatic rings. The predicted octanol–water partition coefficient (Wildman–Crippen LogP) is 14.4. The zero-order valence-electron chi connectivity index (χ0n) is 46.7. The fourth-order valence-corrected chi connectivity index (χ4v) is 8.28. The molecular formula is C65H78O11. The van der Waals surface area contributed by atoms with Crippen LogP contribution in [-0.4, -0.2) is 57.7 Å². The Morgan fingerprint density at radius 2 is 0.974 bits per heavy atom. The zero-order chi connectivity index (χ0) is 56.8. The number of ketones is 3. The first-order valence-corrected chi connectivity index (χ1v) is 25.6. The third-order valence-corrected chi connectivity index (χ3v) is 12.7. The molecule has 0 amide bonds. The number of aromatic hydroxyl groups is 2. The number of hydrogen-bond donors (Lipinski definition) is 2. The first-order valence-electron chi connectivity index (χ1n) is 25.6. The van der Waals surface area contributed by atoms with Crippen LogP contribution in [0.3, 0.4) is 0 Å². The number of ether oxygens (including phenoxy) is 3. The Kier molecular flexibility index (Phi) is 24.8. The average Bonchev–Trinajstić information content (AvgIpc) is 3.34. The lowest BCUT2D eigenvalue weighted by atomic mass is 9.71. The SMILES string of the molecule is C/C=C(C)/C=C/C=C(C)/C=C/C1=C(C)C(=O)C(OC(=O)CCC(C)=O)CC1(C)C.C/C=C/C=C(C)/C=C/C=C(C)/C=C/C1=C(C)C(=O)C(OC(=O)CCC(=O)Oc2ccc(/C=C/c3cc(O)cc(O)c3)cc2)CC1(C)C. The van der Waals surface area contributed by atoms with Crippen molar-refractivity contribution in [3.8, 4) is 17.2 Å². The van der Waals surface area contributed by atoms with E-state index in [1.54, 1.807) is 50.3 Å². The minimum atomic E-state index is -0.915. The Hall–Kier alpha value is -7.66. The van der Waals surface area contributed by atoms with Crippen molar-refractivity contribution in [2.75, 3.05) is 0 Å². The second-order valence-electron chi connectivity index (χ2n) is 20.5. The number of carbonyl (C=O) groups excluding carboxylic acids is 6. The zero-order valence-corrected chi connectivity index (χ0v) is 46.7. The Morgan fingerprint density at radius 3 is 1.43 bits per heavy atom. The lowest BCUT2D eigenvalue weighted by molar-refractivity contribution is -0.157. The summed E-state index contributed by atoms with van der Waals surface area (Å²) < 4.78 is 16.3. The number of Topliss-reactive ketones (excluding diaryl/α,β-unsaturated/α-hetero) is 3. The molecule has 11 heteroatoms. The summed E-state index contributed by atoms with van der Waals surface area (Å²) in [5, 5.41) is 19.2. The van der Waals surface area contributed by atoms with Crippen molar-refractivity contribution in [3.63, 3.8) is 0 Å². The molecule has 2 aliphatic carbocycles. The minimum absolute atomic E-state index is 0.0132. The molecule has 0 aliphatic heterocycles. The van der Waals surface area contributed by atoms with Crippen LogP contribution in [0.15, 0.2) is 172 Å². The molecule has 404 valence electrons. The maximum Gasteiger partial charge on any atom is 0.311 e. The van der Waals surface area contributed by atoms with Crippen LogP contribution in [0.25, 0.3) is 12.2 Å². The van der Waals surface area contributed by atoms with Crippen LogP contribution in [0.2, 0.25) is 0 Å². The van der Waals surface area contributed by atoms with Gasteiger partial charge in [0.1, 0.15) is 23.0 Å². The van der Waals surface area contributed by atoms with Gasteiger partial charge in [0.25, 0.3) is 0 Å². The largest absolute Gasteiger partial charge is 0.508 e. The summed E-state index contributed by atoms with van der Waals surface area (Å²) in [5.74, 6) is -1.96. The lowest BCUT2D eigenvalue weighted by Gasteiger charge is -2.36. The molecule has 11 nitrogen and oxygen atoms in total. The third-order valence-electron chi connectivity index (χ3n) is 12.7. The van der Waals surface area contributed by atoms with Crippen LogP contribution in [-0.2, 0) is 38.2 Å². The number of rotatable bonds is 20. The standard InChI is InChI=1S/C40H44O7.C25H34O4/c1-7-8-10-27(2)11-9-12-28(3)13-20-35-29(4)39(45)36(26-40(35,5)6)47-38(44)22-21-37(43)46-34-18-16-30(17-19-34)14-15-31-23-32(41)25-33(42)24-31;1-8-17(2)10-9-11-18(3)12-14-21-20(5)24(28)22(16-25(21,6)7)29-23(27)15-13-19(4)26/h7-20,23-25,36,41-42H,21-22,26H2,1-6H3;8-12,14,22H,13,15-16H2,1-7H3/b8-7+,11-9+,15-14+,20-13+,27-10+,28-12+;10-9+,14-12+,17-8+,18-11+. The summed E-state index contributed by atoms with van der Waals surface area (Å²) in [6.45, 7) is 25.2. The van der Waals surface area contributed by atoms with E-state index in [0.717, 1.165) is 33.4 Å². The van der Waals surface area contributed by atoms with Gasteiger partial charge < -0.3 is 29.2 Å². The van der Waals surface area contributed by atoms with Crippen LogP contribution in [0.5, 0.6) is 17.2 Å². The van der Waals surface area contributed by atoms with Crippen molar-refractivity contribution >= 4 is 47.4 Å². The van der Waals surface area contributed by atoms with Crippen LogP contribution >= 0.6 is 0 Å². The predicted molar refractivity (Wildman–Crippen MR) is 304 cm³/mol. The molecule has 0 saturated carbocycles. The van der Waals surface area contributed by atoms with Crippen molar-refractivity contribution < 1.29 is 53.2 Å². The topological polar surface area (TPSA) is 171 Å². The van der Waals surface area contributed by atoms with Crippen LogP contribution in [0.4, 0.5) is 0 Å². The highest BCUT2D eigenvalue weighted by molar-refractivity contribution is 6.02. The van der Waals surface area contributed by atoms with Crippen LogP contribution in [0, 0.1) is 10.8 Å². The van der Waals surface area contributed by atoms with Crippen molar-refractivity contribution in [3.05, 3.63) is 183 Å². The van der Waals surface area contributed by atoms with Crippen molar-refractivity contribution in [2.24, 2.45) is 10.8 Å². The number of allylic oxidation sites excluding steroid dienone is 20. The van der Waals surface area contributed by atoms with Gasteiger partial charge in [-0.3, -0.25) is 24.0 Å². The molecule has 2 aromatic rings. The number of esters is 3. The lowest BCUT2D eigenvalue weighted by Crippen LogP contribution is -2.39. The Bertz CT molecular complexity index is 2820. The van der Waals surface area contributed by atoms with Gasteiger partial charge in [0.05, 0.1) is 19.3 Å². The molecule has 0 saturated heterocycles. The van der Waals surface area contributed by atoms with Crippen LogP contribution in [0.1, 0.15) is 140 Å². The van der Waals surface area contributed by atoms with Crippen molar-refractivity contribution in [2.45, 2.75) is 141 Å². The van der Waals surface area contributed by atoms with E-state index in [1.807, 2.05) is 154 Å². The quantitative estimate of drug-likeness (QED) is 0.0560. The van der Waals surface area contributed by atoms with E-state index in [0.29, 0.717) is 35.3 Å².